The molecule has 1 aromatic carbocycles. The number of aromatic nitrogens is 2. The van der Waals surface area contributed by atoms with E-state index in [0.29, 0.717) is 36.3 Å². The fourth-order valence-electron chi connectivity index (χ4n) is 3.87. The molecule has 0 aliphatic carbocycles. The molecule has 0 saturated heterocycles. The van der Waals surface area contributed by atoms with Gasteiger partial charge in [0.15, 0.2) is 12.2 Å². The summed E-state index contributed by atoms with van der Waals surface area (Å²) < 4.78 is 13.3. The Labute approximate surface area is 255 Å². The van der Waals surface area contributed by atoms with Crippen LogP contribution in [-0.4, -0.2) is 77.2 Å². The predicted octanol–water partition coefficient (Wildman–Crippen LogP) is 3.33. The van der Waals surface area contributed by atoms with Gasteiger partial charge in [-0.15, -0.1) is 11.3 Å². The van der Waals surface area contributed by atoms with Crippen molar-refractivity contribution in [2.75, 3.05) is 50.4 Å². The first-order valence-corrected chi connectivity index (χ1v) is 15.6. The number of likely N-dealkylation sites (N-methyl/N-ethyl adjacent to an activating group) is 1. The number of anilines is 1. The van der Waals surface area contributed by atoms with Gasteiger partial charge in [0.25, 0.3) is 0 Å². The van der Waals surface area contributed by atoms with Crippen molar-refractivity contribution in [3.05, 3.63) is 71.1 Å². The molecule has 2 heterocycles. The van der Waals surface area contributed by atoms with E-state index in [0.717, 1.165) is 49.6 Å². The number of aliphatic imine (C=N–C) groups is 2. The lowest BCUT2D eigenvalue weighted by atomic mass is 10.2. The molecule has 0 unspecified atom stereocenters. The van der Waals surface area contributed by atoms with Crippen molar-refractivity contribution in [1.29, 1.82) is 5.26 Å². The van der Waals surface area contributed by atoms with E-state index in [4.69, 9.17) is 17.2 Å². The molecule has 0 bridgehead atoms. The molecule has 3 rings (SSSR count). The largest absolute Gasteiger partial charge is 0.370 e. The van der Waals surface area contributed by atoms with Crippen molar-refractivity contribution in [3.63, 3.8) is 0 Å². The van der Waals surface area contributed by atoms with Crippen molar-refractivity contribution < 1.29 is 4.39 Å². The van der Waals surface area contributed by atoms with Crippen LogP contribution in [0.25, 0.3) is 0 Å². The van der Waals surface area contributed by atoms with Gasteiger partial charge >= 0.3 is 0 Å². The molecule has 42 heavy (non-hydrogen) atoms. The van der Waals surface area contributed by atoms with Crippen molar-refractivity contribution in [2.24, 2.45) is 27.2 Å². The third-order valence-corrected chi connectivity index (χ3v) is 7.86. The Morgan fingerprint density at radius 2 is 1.88 bits per heavy atom. The van der Waals surface area contributed by atoms with Crippen LogP contribution in [0.3, 0.4) is 0 Å². The summed E-state index contributed by atoms with van der Waals surface area (Å²) >= 11 is 3.02. The summed E-state index contributed by atoms with van der Waals surface area (Å²) in [6.45, 7) is 4.21. The average molecular weight is 612 g/mol. The number of thioether (sulfide) groups is 1. The molecule has 0 atom stereocenters. The first-order chi connectivity index (χ1) is 20.3. The van der Waals surface area contributed by atoms with Crippen LogP contribution in [-0.2, 0) is 12.3 Å². The lowest BCUT2D eigenvalue weighted by molar-refractivity contribution is 0.331. The van der Waals surface area contributed by atoms with Crippen molar-refractivity contribution >= 4 is 46.0 Å². The first-order valence-electron chi connectivity index (χ1n) is 13.5. The van der Waals surface area contributed by atoms with Crippen LogP contribution in [0.15, 0.2) is 64.0 Å². The third kappa shape index (κ3) is 11.9. The topological polar surface area (TPSA) is 162 Å². The number of hydrogen-bond donors (Lipinski definition) is 3. The Balaban J connectivity index is 1.34. The Hall–Kier alpha value is -3.93. The number of nitriles is 1. The number of unbranched alkanes of at least 4 members (excludes halogenated alkanes) is 1. The van der Waals surface area contributed by atoms with Crippen LogP contribution in [0.5, 0.6) is 0 Å². The zero-order chi connectivity index (χ0) is 30.2. The number of benzene rings is 1. The number of guanidine groups is 2. The van der Waals surface area contributed by atoms with Gasteiger partial charge < -0.3 is 27.0 Å². The first kappa shape index (κ1) is 32.6. The quantitative estimate of drug-likeness (QED) is 0.0679. The Morgan fingerprint density at radius 3 is 2.60 bits per heavy atom. The van der Waals surface area contributed by atoms with Gasteiger partial charge in [-0.1, -0.05) is 18.2 Å². The summed E-state index contributed by atoms with van der Waals surface area (Å²) in [5.74, 6) is 2.25. The molecule has 0 spiro atoms. The summed E-state index contributed by atoms with van der Waals surface area (Å²) in [6.07, 6.45) is 5.71. The number of nitrogens with zero attached hydrogens (tertiary/aromatic N) is 8. The highest BCUT2D eigenvalue weighted by Gasteiger charge is 2.11. The fraction of sp³-hybridized carbons (Fsp3) is 0.393. The molecule has 2 aromatic heterocycles. The van der Waals surface area contributed by atoms with E-state index in [1.165, 1.54) is 28.4 Å². The zero-order valence-electron chi connectivity index (χ0n) is 23.8. The number of nitrogens with two attached hydrogens (primary N) is 3. The highest BCUT2D eigenvalue weighted by atomic mass is 32.2. The number of pyridine rings is 1. The van der Waals surface area contributed by atoms with Crippen molar-refractivity contribution in [2.45, 2.75) is 25.1 Å². The van der Waals surface area contributed by atoms with Crippen LogP contribution in [0.2, 0.25) is 0 Å². The van der Waals surface area contributed by atoms with Gasteiger partial charge in [-0.2, -0.15) is 22.0 Å². The Kier molecular flexibility index (Phi) is 13.8. The van der Waals surface area contributed by atoms with E-state index >= 15 is 0 Å². The maximum absolute atomic E-state index is 13.3. The maximum Gasteiger partial charge on any atom is 0.212 e. The van der Waals surface area contributed by atoms with E-state index in [-0.39, 0.29) is 17.7 Å². The van der Waals surface area contributed by atoms with Gasteiger partial charge in [0.05, 0.1) is 5.69 Å². The van der Waals surface area contributed by atoms with Gasteiger partial charge in [-0.25, -0.2) is 19.3 Å². The summed E-state index contributed by atoms with van der Waals surface area (Å²) in [4.78, 5) is 23.1. The Bertz CT molecular complexity index is 1310. The van der Waals surface area contributed by atoms with Crippen molar-refractivity contribution in [1.82, 2.24) is 19.8 Å². The normalized spacial score (nSPS) is 11.3. The molecule has 11 nitrogen and oxygen atoms in total. The number of rotatable bonds is 17. The van der Waals surface area contributed by atoms with Crippen molar-refractivity contribution in [3.8, 4) is 6.19 Å². The molecule has 0 fully saturated rings. The summed E-state index contributed by atoms with van der Waals surface area (Å²) in [5, 5.41) is 11.9. The van der Waals surface area contributed by atoms with E-state index < -0.39 is 0 Å². The fourth-order valence-corrected chi connectivity index (χ4v) is 5.50. The highest BCUT2D eigenvalue weighted by Crippen LogP contribution is 2.21. The molecular formula is C28H38FN11S2. The lowest BCUT2D eigenvalue weighted by Gasteiger charge is -2.26. The second-order valence-corrected chi connectivity index (χ2v) is 11.4. The maximum atomic E-state index is 13.3. The van der Waals surface area contributed by atoms with Crippen LogP contribution in [0, 0.1) is 17.3 Å². The molecule has 3 aromatic rings. The molecule has 0 aliphatic rings. The number of halogens is 1. The van der Waals surface area contributed by atoms with Crippen LogP contribution in [0.4, 0.5) is 15.3 Å². The van der Waals surface area contributed by atoms with Gasteiger partial charge in [0.2, 0.25) is 11.1 Å². The van der Waals surface area contributed by atoms with E-state index in [9.17, 15) is 9.65 Å². The minimum atomic E-state index is -0.239. The molecule has 14 heteroatoms. The monoisotopic (exact) mass is 611 g/mol. The van der Waals surface area contributed by atoms with Gasteiger partial charge in [0, 0.05) is 55.8 Å². The van der Waals surface area contributed by atoms with Gasteiger partial charge in [-0.3, -0.25) is 4.99 Å². The molecular weight excluding hydrogens is 574 g/mol. The SMILES string of the molecule is CN(CCCCN=C(N)N(C#N)CCSCc1csc(N=C(N)N)n1)CCN(Cc1ccc(F)cc1)c1ccccn1. The van der Waals surface area contributed by atoms with E-state index in [1.807, 2.05) is 35.7 Å². The summed E-state index contributed by atoms with van der Waals surface area (Å²) in [6, 6.07) is 12.4. The summed E-state index contributed by atoms with van der Waals surface area (Å²) in [5.41, 5.74) is 18.7. The molecule has 0 aliphatic heterocycles. The summed E-state index contributed by atoms with van der Waals surface area (Å²) in [7, 11) is 2.09. The Morgan fingerprint density at radius 1 is 1.07 bits per heavy atom. The predicted molar refractivity (Wildman–Crippen MR) is 171 cm³/mol. The number of thiazole rings is 1. The van der Waals surface area contributed by atoms with Crippen LogP contribution < -0.4 is 22.1 Å². The minimum absolute atomic E-state index is 0.0158. The standard InChI is InChI=1S/C28H38FN11S2/c1-38(14-15-39(25-6-2-3-11-34-25)18-22-7-9-23(29)10-8-22)13-5-4-12-35-27(33)40(21-30)16-17-41-19-24-20-42-28(36-24)37-26(31)32/h2-3,6-11,20H,4-5,12-19H2,1H3,(H2,33,35)(H4,31,32,36,37). The molecule has 0 amide bonds. The highest BCUT2D eigenvalue weighted by molar-refractivity contribution is 7.98. The second kappa shape index (κ2) is 17.8. The zero-order valence-corrected chi connectivity index (χ0v) is 25.4. The number of hydrogen-bond acceptors (Lipinski definition) is 9. The molecule has 0 radical (unpaired) electrons. The van der Waals surface area contributed by atoms with Crippen LogP contribution in [0.1, 0.15) is 24.1 Å². The molecule has 0 saturated carbocycles. The van der Waals surface area contributed by atoms with Gasteiger partial charge in [-0.05, 0) is 56.3 Å². The van der Waals surface area contributed by atoms with E-state index in [1.54, 1.807) is 18.0 Å². The molecule has 6 N–H and O–H groups in total. The van der Waals surface area contributed by atoms with E-state index in [2.05, 4.69) is 43.0 Å². The smallest absolute Gasteiger partial charge is 0.212 e. The lowest BCUT2D eigenvalue weighted by Crippen LogP contribution is -2.35. The average Bonchev–Trinajstić information content (AvgIpc) is 3.42. The third-order valence-electron chi connectivity index (χ3n) is 6.10. The minimum Gasteiger partial charge on any atom is -0.370 e. The van der Waals surface area contributed by atoms with Crippen LogP contribution >= 0.6 is 23.1 Å². The second-order valence-electron chi connectivity index (χ2n) is 9.45. The van der Waals surface area contributed by atoms with Gasteiger partial charge in [0.1, 0.15) is 11.6 Å². The molecule has 224 valence electrons.